The summed E-state index contributed by atoms with van der Waals surface area (Å²) in [5, 5.41) is 11.4. The number of esters is 1. The van der Waals surface area contributed by atoms with Crippen LogP contribution in [0.15, 0.2) is 83.5 Å². The molecule has 0 N–H and O–H groups in total. The Kier molecular flexibility index (Phi) is 5.77. The van der Waals surface area contributed by atoms with Crippen LogP contribution in [0, 0.1) is 10.1 Å². The molecule has 0 aromatic heterocycles. The van der Waals surface area contributed by atoms with Crippen molar-refractivity contribution >= 4 is 35.2 Å². The van der Waals surface area contributed by atoms with E-state index in [1.807, 2.05) is 30.3 Å². The van der Waals surface area contributed by atoms with Crippen LogP contribution >= 0.6 is 11.6 Å². The molecular weight excluding hydrogens is 420 g/mol. The largest absolute Gasteiger partial charge is 0.488 e. The van der Waals surface area contributed by atoms with Crippen LogP contribution in [0.25, 0.3) is 6.08 Å². The number of hydrogen-bond donors (Lipinski definition) is 0. The summed E-state index contributed by atoms with van der Waals surface area (Å²) >= 11 is 6.01. The Hall–Kier alpha value is -3.97. The number of halogens is 1. The van der Waals surface area contributed by atoms with Crippen molar-refractivity contribution in [2.75, 3.05) is 0 Å². The van der Waals surface area contributed by atoms with Crippen LogP contribution in [-0.2, 0) is 16.1 Å². The van der Waals surface area contributed by atoms with Gasteiger partial charge in [-0.25, -0.2) is 9.79 Å². The molecule has 31 heavy (non-hydrogen) atoms. The average Bonchev–Trinajstić information content (AvgIpc) is 3.13. The number of carbonyl (C=O) groups is 1. The minimum Gasteiger partial charge on any atom is -0.488 e. The zero-order valence-electron chi connectivity index (χ0n) is 16.0. The molecule has 0 saturated heterocycles. The van der Waals surface area contributed by atoms with Gasteiger partial charge in [0, 0.05) is 28.3 Å². The topological polar surface area (TPSA) is 91.0 Å². The fourth-order valence-electron chi connectivity index (χ4n) is 2.92. The Morgan fingerprint density at radius 3 is 2.58 bits per heavy atom. The molecule has 0 unspecified atom stereocenters. The van der Waals surface area contributed by atoms with Crippen LogP contribution in [-0.4, -0.2) is 16.8 Å². The number of benzene rings is 3. The van der Waals surface area contributed by atoms with Gasteiger partial charge >= 0.3 is 5.97 Å². The molecular formula is C23H15ClN2O5. The van der Waals surface area contributed by atoms with E-state index < -0.39 is 10.9 Å². The second kappa shape index (κ2) is 8.81. The Morgan fingerprint density at radius 1 is 1.06 bits per heavy atom. The lowest BCUT2D eigenvalue weighted by Gasteiger charge is -2.09. The zero-order chi connectivity index (χ0) is 21.8. The van der Waals surface area contributed by atoms with Crippen LogP contribution in [0.5, 0.6) is 5.75 Å². The third kappa shape index (κ3) is 4.79. The van der Waals surface area contributed by atoms with E-state index >= 15 is 0 Å². The Bertz CT molecular complexity index is 1220. The molecule has 7 nitrogen and oxygen atoms in total. The van der Waals surface area contributed by atoms with Gasteiger partial charge in [0.05, 0.1) is 4.92 Å². The number of nitrogens with zero attached hydrogens (tertiary/aromatic N) is 2. The van der Waals surface area contributed by atoms with Crippen LogP contribution in [0.2, 0.25) is 5.02 Å². The fourth-order valence-corrected chi connectivity index (χ4v) is 3.14. The lowest BCUT2D eigenvalue weighted by Crippen LogP contribution is -2.05. The van der Waals surface area contributed by atoms with E-state index in [9.17, 15) is 14.9 Å². The molecule has 0 fully saturated rings. The SMILES string of the molecule is O=C1OC(c2ccc([N+](=O)[O-])cc2)=N/C1=C\c1ccccc1OCc1cccc(Cl)c1. The lowest BCUT2D eigenvalue weighted by molar-refractivity contribution is -0.384. The number of carbonyl (C=O) groups excluding carboxylic acids is 1. The van der Waals surface area contributed by atoms with Crippen molar-refractivity contribution in [2.24, 2.45) is 4.99 Å². The smallest absolute Gasteiger partial charge is 0.363 e. The molecule has 0 bridgehead atoms. The summed E-state index contributed by atoms with van der Waals surface area (Å²) in [5.74, 6) is 0.0447. The molecule has 0 saturated carbocycles. The van der Waals surface area contributed by atoms with E-state index in [0.717, 1.165) is 5.56 Å². The maximum atomic E-state index is 12.3. The molecule has 0 atom stereocenters. The van der Waals surface area contributed by atoms with Crippen LogP contribution in [0.3, 0.4) is 0 Å². The first-order valence-electron chi connectivity index (χ1n) is 9.23. The summed E-state index contributed by atoms with van der Waals surface area (Å²) < 4.78 is 11.1. The normalized spacial score (nSPS) is 14.3. The van der Waals surface area contributed by atoms with Gasteiger partial charge in [0.1, 0.15) is 12.4 Å². The van der Waals surface area contributed by atoms with E-state index in [0.29, 0.717) is 28.5 Å². The second-order valence-corrected chi connectivity index (χ2v) is 7.03. The molecule has 0 aliphatic carbocycles. The first-order chi connectivity index (χ1) is 15.0. The quantitative estimate of drug-likeness (QED) is 0.231. The van der Waals surface area contributed by atoms with E-state index in [1.165, 1.54) is 24.3 Å². The molecule has 0 radical (unpaired) electrons. The number of para-hydroxylation sites is 1. The molecule has 3 aromatic rings. The Balaban J connectivity index is 1.56. The highest BCUT2D eigenvalue weighted by Gasteiger charge is 2.25. The highest BCUT2D eigenvalue weighted by Crippen LogP contribution is 2.26. The summed E-state index contributed by atoms with van der Waals surface area (Å²) in [4.78, 5) is 26.8. The number of cyclic esters (lactones) is 1. The molecule has 1 aliphatic rings. The Morgan fingerprint density at radius 2 is 1.84 bits per heavy atom. The van der Waals surface area contributed by atoms with Crippen LogP contribution < -0.4 is 4.74 Å². The molecule has 3 aromatic carbocycles. The molecule has 4 rings (SSSR count). The van der Waals surface area contributed by atoms with Gasteiger partial charge in [0.15, 0.2) is 5.70 Å². The van der Waals surface area contributed by atoms with Gasteiger partial charge in [-0.2, -0.15) is 0 Å². The van der Waals surface area contributed by atoms with Gasteiger partial charge in [0.2, 0.25) is 5.90 Å². The predicted octanol–water partition coefficient (Wildman–Crippen LogP) is 5.17. The Labute approximate surface area is 182 Å². The van der Waals surface area contributed by atoms with E-state index in [1.54, 1.807) is 24.3 Å². The average molecular weight is 435 g/mol. The molecule has 1 heterocycles. The standard InChI is InChI=1S/C23H15ClN2O5/c24-18-6-3-4-15(12-18)14-30-21-7-2-1-5-17(21)13-20-23(27)31-22(25-20)16-8-10-19(11-9-16)26(28)29/h1-13H,14H2/b20-13-. The van der Waals surface area contributed by atoms with Crippen molar-refractivity contribution in [2.45, 2.75) is 6.61 Å². The van der Waals surface area contributed by atoms with E-state index in [2.05, 4.69) is 4.99 Å². The number of rotatable bonds is 6. The fraction of sp³-hybridized carbons (Fsp3) is 0.0435. The minimum absolute atomic E-state index is 0.0600. The van der Waals surface area contributed by atoms with E-state index in [-0.39, 0.29) is 17.3 Å². The van der Waals surface area contributed by atoms with Gasteiger partial charge < -0.3 is 9.47 Å². The maximum Gasteiger partial charge on any atom is 0.363 e. The predicted molar refractivity (Wildman–Crippen MR) is 116 cm³/mol. The van der Waals surface area contributed by atoms with Crippen molar-refractivity contribution < 1.29 is 19.2 Å². The molecule has 0 spiro atoms. The van der Waals surface area contributed by atoms with Crippen LogP contribution in [0.1, 0.15) is 16.7 Å². The summed E-state index contributed by atoms with van der Waals surface area (Å²) in [6.45, 7) is 0.308. The number of nitro benzene ring substituents is 1. The number of aliphatic imine (C=N–C) groups is 1. The minimum atomic E-state index is -0.613. The third-order valence-corrected chi connectivity index (χ3v) is 4.68. The summed E-state index contributed by atoms with van der Waals surface area (Å²) in [6.07, 6.45) is 1.58. The van der Waals surface area contributed by atoms with Crippen molar-refractivity contribution in [1.29, 1.82) is 0 Å². The highest BCUT2D eigenvalue weighted by molar-refractivity contribution is 6.30. The van der Waals surface area contributed by atoms with Crippen molar-refractivity contribution in [3.63, 3.8) is 0 Å². The van der Waals surface area contributed by atoms with E-state index in [4.69, 9.17) is 21.1 Å². The van der Waals surface area contributed by atoms with Crippen molar-refractivity contribution in [3.05, 3.63) is 110 Å². The summed E-state index contributed by atoms with van der Waals surface area (Å²) in [5.41, 5.74) is 2.08. The van der Waals surface area contributed by atoms with Gasteiger partial charge in [-0.15, -0.1) is 0 Å². The number of non-ortho nitro benzene ring substituents is 1. The van der Waals surface area contributed by atoms with Crippen molar-refractivity contribution in [1.82, 2.24) is 0 Å². The van der Waals surface area contributed by atoms with Gasteiger partial charge in [-0.3, -0.25) is 10.1 Å². The zero-order valence-corrected chi connectivity index (χ0v) is 16.8. The maximum absolute atomic E-state index is 12.3. The van der Waals surface area contributed by atoms with Gasteiger partial charge in [-0.05, 0) is 42.0 Å². The number of hydrogen-bond acceptors (Lipinski definition) is 6. The first-order valence-corrected chi connectivity index (χ1v) is 9.61. The molecule has 0 amide bonds. The second-order valence-electron chi connectivity index (χ2n) is 6.60. The first kappa shape index (κ1) is 20.3. The lowest BCUT2D eigenvalue weighted by atomic mass is 10.1. The summed E-state index contributed by atoms with van der Waals surface area (Å²) in [7, 11) is 0. The highest BCUT2D eigenvalue weighted by atomic mass is 35.5. The summed E-state index contributed by atoms with van der Waals surface area (Å²) in [6, 6.07) is 20.2. The van der Waals surface area contributed by atoms with Gasteiger partial charge in [0.25, 0.3) is 5.69 Å². The molecule has 154 valence electrons. The van der Waals surface area contributed by atoms with Gasteiger partial charge in [-0.1, -0.05) is 41.9 Å². The third-order valence-electron chi connectivity index (χ3n) is 4.44. The van der Waals surface area contributed by atoms with Crippen LogP contribution in [0.4, 0.5) is 5.69 Å². The monoisotopic (exact) mass is 434 g/mol. The molecule has 1 aliphatic heterocycles. The number of ether oxygens (including phenoxy) is 2. The number of nitro groups is 1. The van der Waals surface area contributed by atoms with Crippen molar-refractivity contribution in [3.8, 4) is 5.75 Å². The molecule has 8 heteroatoms.